The summed E-state index contributed by atoms with van der Waals surface area (Å²) < 4.78 is 2.02. The standard InChI is InChI=1S/C20H17ClN2OS/c21-17-8-4-5-9-18(17)22-11-10-16(13-22)20-23(19(24)14-25-20)12-15-6-2-1-3-7-15/h1-11,13,20H,12,14H2. The number of carbonyl (C=O) groups excluding carboxylic acids is 1. The van der Waals surface area contributed by atoms with Crippen LogP contribution in [0.1, 0.15) is 16.5 Å². The molecule has 0 radical (unpaired) electrons. The molecule has 1 saturated heterocycles. The van der Waals surface area contributed by atoms with Gasteiger partial charge in [-0.05, 0) is 23.8 Å². The first kappa shape index (κ1) is 16.3. The summed E-state index contributed by atoms with van der Waals surface area (Å²) in [6.07, 6.45) is 4.07. The van der Waals surface area contributed by atoms with Gasteiger partial charge in [-0.1, -0.05) is 54.1 Å². The Morgan fingerprint density at radius 2 is 1.80 bits per heavy atom. The molecule has 4 rings (SSSR count). The lowest BCUT2D eigenvalue weighted by Gasteiger charge is -2.23. The van der Waals surface area contributed by atoms with Crippen molar-refractivity contribution in [2.24, 2.45) is 0 Å². The lowest BCUT2D eigenvalue weighted by Crippen LogP contribution is -2.27. The molecule has 0 N–H and O–H groups in total. The van der Waals surface area contributed by atoms with E-state index in [0.717, 1.165) is 16.8 Å². The second kappa shape index (κ2) is 6.98. The minimum Gasteiger partial charge on any atom is -0.322 e. The van der Waals surface area contributed by atoms with Crippen LogP contribution in [0.5, 0.6) is 0 Å². The van der Waals surface area contributed by atoms with E-state index in [9.17, 15) is 4.79 Å². The largest absolute Gasteiger partial charge is 0.322 e. The van der Waals surface area contributed by atoms with Crippen LogP contribution >= 0.6 is 23.4 Å². The van der Waals surface area contributed by atoms with Crippen LogP contribution in [0.25, 0.3) is 5.69 Å². The van der Waals surface area contributed by atoms with Crippen LogP contribution in [0.4, 0.5) is 0 Å². The van der Waals surface area contributed by atoms with Gasteiger partial charge in [0.05, 0.1) is 16.5 Å². The highest BCUT2D eigenvalue weighted by molar-refractivity contribution is 8.00. The third kappa shape index (κ3) is 3.32. The number of hydrogen-bond acceptors (Lipinski definition) is 2. The summed E-state index contributed by atoms with van der Waals surface area (Å²) in [6, 6.07) is 19.9. The van der Waals surface area contributed by atoms with Crippen LogP contribution < -0.4 is 0 Å². The third-order valence-electron chi connectivity index (χ3n) is 4.30. The summed E-state index contributed by atoms with van der Waals surface area (Å²) in [7, 11) is 0. The monoisotopic (exact) mass is 368 g/mol. The third-order valence-corrected chi connectivity index (χ3v) is 5.87. The van der Waals surface area contributed by atoms with E-state index in [1.54, 1.807) is 11.8 Å². The number of rotatable bonds is 4. The zero-order valence-electron chi connectivity index (χ0n) is 13.5. The van der Waals surface area contributed by atoms with Crippen molar-refractivity contribution < 1.29 is 4.79 Å². The molecule has 5 heteroatoms. The average molecular weight is 369 g/mol. The number of para-hydroxylation sites is 1. The van der Waals surface area contributed by atoms with E-state index in [1.807, 2.05) is 58.1 Å². The number of benzene rings is 2. The van der Waals surface area contributed by atoms with Crippen molar-refractivity contribution in [2.45, 2.75) is 11.9 Å². The van der Waals surface area contributed by atoms with Gasteiger partial charge in [0.1, 0.15) is 5.37 Å². The van der Waals surface area contributed by atoms with E-state index in [2.05, 4.69) is 24.4 Å². The number of amides is 1. The molecular formula is C20H17ClN2OS. The highest BCUT2D eigenvalue weighted by Gasteiger charge is 2.33. The number of carbonyl (C=O) groups is 1. The smallest absolute Gasteiger partial charge is 0.234 e. The van der Waals surface area contributed by atoms with E-state index < -0.39 is 0 Å². The van der Waals surface area contributed by atoms with Gasteiger partial charge in [-0.15, -0.1) is 11.8 Å². The first-order valence-corrected chi connectivity index (χ1v) is 9.53. The maximum atomic E-state index is 12.4. The Bertz CT molecular complexity index is 893. The molecule has 1 unspecified atom stereocenters. The van der Waals surface area contributed by atoms with Gasteiger partial charge in [0.25, 0.3) is 0 Å². The fourth-order valence-corrected chi connectivity index (χ4v) is 4.45. The molecule has 1 aliphatic heterocycles. The lowest BCUT2D eigenvalue weighted by molar-refractivity contribution is -0.128. The summed E-state index contributed by atoms with van der Waals surface area (Å²) in [5, 5.41) is 0.748. The Balaban J connectivity index is 1.60. The number of hydrogen-bond donors (Lipinski definition) is 0. The normalized spacial score (nSPS) is 17.2. The summed E-state index contributed by atoms with van der Waals surface area (Å²) in [4.78, 5) is 14.3. The van der Waals surface area contributed by atoms with Crippen molar-refractivity contribution in [1.82, 2.24) is 9.47 Å². The average Bonchev–Trinajstić information content (AvgIpc) is 3.24. The number of thioether (sulfide) groups is 1. The molecule has 0 aliphatic carbocycles. The molecule has 2 aromatic carbocycles. The first-order valence-electron chi connectivity index (χ1n) is 8.10. The van der Waals surface area contributed by atoms with E-state index in [0.29, 0.717) is 17.3 Å². The molecule has 126 valence electrons. The van der Waals surface area contributed by atoms with E-state index in [1.165, 1.54) is 0 Å². The molecule has 1 aliphatic rings. The van der Waals surface area contributed by atoms with Crippen molar-refractivity contribution >= 4 is 29.3 Å². The van der Waals surface area contributed by atoms with Gasteiger partial charge in [0.15, 0.2) is 0 Å². The second-order valence-electron chi connectivity index (χ2n) is 5.97. The van der Waals surface area contributed by atoms with Crippen LogP contribution in [0.15, 0.2) is 73.1 Å². The molecule has 25 heavy (non-hydrogen) atoms. The van der Waals surface area contributed by atoms with Crippen LogP contribution in [-0.2, 0) is 11.3 Å². The van der Waals surface area contributed by atoms with Crippen LogP contribution in [0.2, 0.25) is 5.02 Å². The van der Waals surface area contributed by atoms with Gasteiger partial charge in [-0.25, -0.2) is 0 Å². The molecule has 1 aromatic heterocycles. The van der Waals surface area contributed by atoms with Gasteiger partial charge < -0.3 is 9.47 Å². The predicted octanol–water partition coefficient (Wildman–Crippen LogP) is 4.90. The number of nitrogens with zero attached hydrogens (tertiary/aromatic N) is 2. The fraction of sp³-hybridized carbons (Fsp3) is 0.150. The molecule has 3 nitrogen and oxygen atoms in total. The van der Waals surface area contributed by atoms with Gasteiger partial charge >= 0.3 is 0 Å². The maximum absolute atomic E-state index is 12.4. The van der Waals surface area contributed by atoms with Gasteiger partial charge in [-0.2, -0.15) is 0 Å². The Kier molecular flexibility index (Phi) is 4.55. The molecule has 0 bridgehead atoms. The van der Waals surface area contributed by atoms with Crippen LogP contribution in [-0.4, -0.2) is 21.1 Å². The van der Waals surface area contributed by atoms with Crippen molar-refractivity contribution in [3.05, 3.63) is 89.2 Å². The van der Waals surface area contributed by atoms with Crippen molar-refractivity contribution in [2.75, 3.05) is 5.75 Å². The predicted molar refractivity (Wildman–Crippen MR) is 103 cm³/mol. The van der Waals surface area contributed by atoms with E-state index in [-0.39, 0.29) is 11.3 Å². The molecule has 3 aromatic rings. The first-order chi connectivity index (χ1) is 12.2. The number of halogens is 1. The lowest BCUT2D eigenvalue weighted by atomic mass is 10.2. The number of aromatic nitrogens is 1. The highest BCUT2D eigenvalue weighted by atomic mass is 35.5. The summed E-state index contributed by atoms with van der Waals surface area (Å²) in [5.74, 6) is 0.707. The molecule has 2 heterocycles. The molecule has 1 atom stereocenters. The second-order valence-corrected chi connectivity index (χ2v) is 7.45. The Hall–Kier alpha value is -2.17. The Morgan fingerprint density at radius 3 is 2.60 bits per heavy atom. The Morgan fingerprint density at radius 1 is 1.04 bits per heavy atom. The van der Waals surface area contributed by atoms with E-state index in [4.69, 9.17) is 11.6 Å². The van der Waals surface area contributed by atoms with Crippen molar-refractivity contribution in [3.63, 3.8) is 0 Å². The molecular weight excluding hydrogens is 352 g/mol. The van der Waals surface area contributed by atoms with E-state index >= 15 is 0 Å². The van der Waals surface area contributed by atoms with Crippen LogP contribution in [0, 0.1) is 0 Å². The minimum atomic E-state index is 0.0384. The molecule has 0 spiro atoms. The van der Waals surface area contributed by atoms with Crippen molar-refractivity contribution in [1.29, 1.82) is 0 Å². The molecule has 1 fully saturated rings. The SMILES string of the molecule is O=C1CSC(c2ccn(-c3ccccc3Cl)c2)N1Cc1ccccc1. The van der Waals surface area contributed by atoms with Crippen molar-refractivity contribution in [3.8, 4) is 5.69 Å². The quantitative estimate of drug-likeness (QED) is 0.654. The summed E-state index contributed by atoms with van der Waals surface area (Å²) in [6.45, 7) is 0.634. The topological polar surface area (TPSA) is 25.2 Å². The van der Waals surface area contributed by atoms with Crippen LogP contribution in [0.3, 0.4) is 0 Å². The fourth-order valence-electron chi connectivity index (χ4n) is 3.05. The molecule has 0 saturated carbocycles. The van der Waals surface area contributed by atoms with Gasteiger partial charge in [0.2, 0.25) is 5.91 Å². The van der Waals surface area contributed by atoms with Gasteiger partial charge in [-0.3, -0.25) is 4.79 Å². The van der Waals surface area contributed by atoms with Gasteiger partial charge in [0, 0.05) is 24.5 Å². The summed E-state index contributed by atoms with van der Waals surface area (Å²) in [5.41, 5.74) is 3.21. The zero-order chi connectivity index (χ0) is 17.2. The minimum absolute atomic E-state index is 0.0384. The zero-order valence-corrected chi connectivity index (χ0v) is 15.1. The highest BCUT2D eigenvalue weighted by Crippen LogP contribution is 2.40. The summed E-state index contributed by atoms with van der Waals surface area (Å²) >= 11 is 7.97. The Labute approximate surface area is 156 Å². The molecule has 1 amide bonds. The maximum Gasteiger partial charge on any atom is 0.234 e.